The average molecular weight is 363 g/mol. The fraction of sp³-hybridized carbons (Fsp3) is 0.312. The molecule has 0 spiro atoms. The Morgan fingerprint density at radius 2 is 1.83 bits per heavy atom. The SMILES string of the molecule is O=c1[nH]c2ccccc2n1C1CCN(S(=O)(=O)c2cccs2)CC1. The number of rotatable bonds is 3. The smallest absolute Gasteiger partial charge is 0.306 e. The number of hydrogen-bond acceptors (Lipinski definition) is 4. The Labute approximate surface area is 143 Å². The van der Waals surface area contributed by atoms with Gasteiger partial charge in [0.15, 0.2) is 0 Å². The maximum Gasteiger partial charge on any atom is 0.326 e. The molecule has 1 fully saturated rings. The van der Waals surface area contributed by atoms with Crippen LogP contribution in [0.5, 0.6) is 0 Å². The summed E-state index contributed by atoms with van der Waals surface area (Å²) in [5, 5.41) is 1.77. The first-order valence-electron chi connectivity index (χ1n) is 7.80. The summed E-state index contributed by atoms with van der Waals surface area (Å²) in [5.74, 6) is 0. The highest BCUT2D eigenvalue weighted by molar-refractivity contribution is 7.91. The van der Waals surface area contributed by atoms with E-state index in [9.17, 15) is 13.2 Å². The number of hydrogen-bond donors (Lipinski definition) is 1. The number of para-hydroxylation sites is 2. The maximum atomic E-state index is 12.6. The van der Waals surface area contributed by atoms with Crippen molar-refractivity contribution in [3.63, 3.8) is 0 Å². The van der Waals surface area contributed by atoms with Crippen molar-refractivity contribution >= 4 is 32.4 Å². The molecule has 8 heteroatoms. The third-order valence-electron chi connectivity index (χ3n) is 4.50. The predicted octanol–water partition coefficient (Wildman–Crippen LogP) is 2.42. The van der Waals surface area contributed by atoms with Gasteiger partial charge in [-0.25, -0.2) is 13.2 Å². The molecule has 1 aliphatic heterocycles. The summed E-state index contributed by atoms with van der Waals surface area (Å²) < 4.78 is 28.8. The number of nitrogens with zero attached hydrogens (tertiary/aromatic N) is 2. The quantitative estimate of drug-likeness (QED) is 0.776. The molecule has 0 saturated carbocycles. The van der Waals surface area contributed by atoms with Gasteiger partial charge >= 0.3 is 5.69 Å². The standard InChI is InChI=1S/C16H17N3O3S2/c20-16-17-13-4-1-2-5-14(13)19(16)12-7-9-18(10-8-12)24(21,22)15-6-3-11-23-15/h1-6,11-12H,7-10H2,(H,17,20). The summed E-state index contributed by atoms with van der Waals surface area (Å²) in [4.78, 5) is 15.1. The molecule has 3 aromatic rings. The second kappa shape index (κ2) is 5.87. The number of thiophene rings is 1. The van der Waals surface area contributed by atoms with E-state index in [0.717, 1.165) is 11.0 Å². The van der Waals surface area contributed by atoms with Gasteiger partial charge in [-0.1, -0.05) is 18.2 Å². The van der Waals surface area contributed by atoms with Gasteiger partial charge in [-0.2, -0.15) is 4.31 Å². The lowest BCUT2D eigenvalue weighted by Crippen LogP contribution is -2.40. The Hall–Kier alpha value is -1.90. The molecule has 2 aromatic heterocycles. The fourth-order valence-electron chi connectivity index (χ4n) is 3.31. The van der Waals surface area contributed by atoms with E-state index in [4.69, 9.17) is 0 Å². The van der Waals surface area contributed by atoms with E-state index >= 15 is 0 Å². The molecule has 3 heterocycles. The Morgan fingerprint density at radius 3 is 2.54 bits per heavy atom. The second-order valence-electron chi connectivity index (χ2n) is 5.88. The van der Waals surface area contributed by atoms with Crippen molar-refractivity contribution in [3.05, 3.63) is 52.3 Å². The van der Waals surface area contributed by atoms with Crippen LogP contribution in [-0.4, -0.2) is 35.4 Å². The summed E-state index contributed by atoms with van der Waals surface area (Å²) in [6.45, 7) is 0.855. The first-order valence-corrected chi connectivity index (χ1v) is 10.1. The van der Waals surface area contributed by atoms with Crippen LogP contribution in [0.15, 0.2) is 50.8 Å². The summed E-state index contributed by atoms with van der Waals surface area (Å²) in [6, 6.07) is 11.0. The number of H-pyrrole nitrogens is 1. The minimum atomic E-state index is -3.41. The zero-order valence-corrected chi connectivity index (χ0v) is 14.5. The van der Waals surface area contributed by atoms with E-state index < -0.39 is 10.0 Å². The highest BCUT2D eigenvalue weighted by Crippen LogP contribution is 2.29. The number of sulfonamides is 1. The van der Waals surface area contributed by atoms with Crippen LogP contribution >= 0.6 is 11.3 Å². The molecule has 0 aliphatic carbocycles. The Bertz CT molecular complexity index is 1010. The molecule has 0 radical (unpaired) electrons. The highest BCUT2D eigenvalue weighted by Gasteiger charge is 2.31. The minimum Gasteiger partial charge on any atom is -0.306 e. The van der Waals surface area contributed by atoms with E-state index in [1.807, 2.05) is 24.3 Å². The summed E-state index contributed by atoms with van der Waals surface area (Å²) in [6.07, 6.45) is 1.26. The number of piperidine rings is 1. The monoisotopic (exact) mass is 363 g/mol. The van der Waals surface area contributed by atoms with Crippen molar-refractivity contribution in [2.24, 2.45) is 0 Å². The third kappa shape index (κ3) is 2.51. The lowest BCUT2D eigenvalue weighted by molar-refractivity contribution is 0.274. The molecule has 4 rings (SSSR count). The normalized spacial score (nSPS) is 17.5. The van der Waals surface area contributed by atoms with Gasteiger partial charge in [0.25, 0.3) is 10.0 Å². The van der Waals surface area contributed by atoms with Gasteiger partial charge in [0.2, 0.25) is 0 Å². The summed E-state index contributed by atoms with van der Waals surface area (Å²) >= 11 is 1.24. The molecular formula is C16H17N3O3S2. The van der Waals surface area contributed by atoms with Gasteiger partial charge in [0.1, 0.15) is 4.21 Å². The number of aromatic amines is 1. The Kier molecular flexibility index (Phi) is 3.82. The minimum absolute atomic E-state index is 0.0171. The van der Waals surface area contributed by atoms with Crippen molar-refractivity contribution in [2.75, 3.05) is 13.1 Å². The fourth-order valence-corrected chi connectivity index (χ4v) is 5.93. The molecular weight excluding hydrogens is 346 g/mol. The number of imidazole rings is 1. The zero-order chi connectivity index (χ0) is 16.7. The molecule has 0 amide bonds. The average Bonchev–Trinajstić information content (AvgIpc) is 3.22. The van der Waals surface area contributed by atoms with Gasteiger partial charge in [0, 0.05) is 19.1 Å². The van der Waals surface area contributed by atoms with Crippen molar-refractivity contribution in [3.8, 4) is 0 Å². The van der Waals surface area contributed by atoms with E-state index in [-0.39, 0.29) is 11.7 Å². The molecule has 0 unspecified atom stereocenters. The molecule has 0 bridgehead atoms. The van der Waals surface area contributed by atoms with Gasteiger partial charge in [-0.05, 0) is 36.4 Å². The zero-order valence-electron chi connectivity index (χ0n) is 12.9. The van der Waals surface area contributed by atoms with Crippen molar-refractivity contribution in [1.29, 1.82) is 0 Å². The van der Waals surface area contributed by atoms with Gasteiger partial charge in [-0.15, -0.1) is 11.3 Å². The van der Waals surface area contributed by atoms with E-state index in [0.29, 0.717) is 30.1 Å². The number of aromatic nitrogens is 2. The second-order valence-corrected chi connectivity index (χ2v) is 9.00. The lowest BCUT2D eigenvalue weighted by Gasteiger charge is -2.31. The molecule has 1 aliphatic rings. The highest BCUT2D eigenvalue weighted by atomic mass is 32.2. The van der Waals surface area contributed by atoms with Crippen LogP contribution in [0.25, 0.3) is 11.0 Å². The lowest BCUT2D eigenvalue weighted by atomic mass is 10.1. The van der Waals surface area contributed by atoms with Crippen molar-refractivity contribution in [2.45, 2.75) is 23.1 Å². The molecule has 1 saturated heterocycles. The van der Waals surface area contributed by atoms with Crippen molar-refractivity contribution in [1.82, 2.24) is 13.9 Å². The van der Waals surface area contributed by atoms with Crippen LogP contribution in [0.3, 0.4) is 0 Å². The van der Waals surface area contributed by atoms with Crippen LogP contribution in [-0.2, 0) is 10.0 Å². The molecule has 6 nitrogen and oxygen atoms in total. The predicted molar refractivity (Wildman–Crippen MR) is 93.9 cm³/mol. The van der Waals surface area contributed by atoms with Crippen LogP contribution in [0.2, 0.25) is 0 Å². The Balaban J connectivity index is 1.58. The maximum absolute atomic E-state index is 12.6. The number of benzene rings is 1. The van der Waals surface area contributed by atoms with Crippen LogP contribution in [0.1, 0.15) is 18.9 Å². The molecule has 0 atom stereocenters. The molecule has 1 N–H and O–H groups in total. The van der Waals surface area contributed by atoms with Crippen LogP contribution in [0, 0.1) is 0 Å². The van der Waals surface area contributed by atoms with Crippen molar-refractivity contribution < 1.29 is 8.42 Å². The van der Waals surface area contributed by atoms with Gasteiger partial charge in [-0.3, -0.25) is 4.57 Å². The number of fused-ring (bicyclic) bond motifs is 1. The topological polar surface area (TPSA) is 75.2 Å². The summed E-state index contributed by atoms with van der Waals surface area (Å²) in [5.41, 5.74) is 1.56. The largest absolute Gasteiger partial charge is 0.326 e. The number of nitrogens with one attached hydrogen (secondary N) is 1. The van der Waals surface area contributed by atoms with E-state index in [1.165, 1.54) is 15.6 Å². The van der Waals surface area contributed by atoms with Gasteiger partial charge < -0.3 is 4.98 Å². The third-order valence-corrected chi connectivity index (χ3v) is 7.77. The first kappa shape index (κ1) is 15.6. The molecule has 1 aromatic carbocycles. The summed E-state index contributed by atoms with van der Waals surface area (Å²) in [7, 11) is -3.41. The van der Waals surface area contributed by atoms with E-state index in [2.05, 4.69) is 4.98 Å². The molecule has 24 heavy (non-hydrogen) atoms. The van der Waals surface area contributed by atoms with E-state index in [1.54, 1.807) is 22.1 Å². The first-order chi connectivity index (χ1) is 11.6. The molecule has 126 valence electrons. The van der Waals surface area contributed by atoms with Gasteiger partial charge in [0.05, 0.1) is 11.0 Å². The van der Waals surface area contributed by atoms with Crippen LogP contribution in [0.4, 0.5) is 0 Å². The van der Waals surface area contributed by atoms with Crippen LogP contribution < -0.4 is 5.69 Å². The Morgan fingerprint density at radius 1 is 1.08 bits per heavy atom.